The van der Waals surface area contributed by atoms with E-state index in [9.17, 15) is 14.0 Å². The van der Waals surface area contributed by atoms with Crippen molar-refractivity contribution in [2.45, 2.75) is 39.7 Å². The van der Waals surface area contributed by atoms with Gasteiger partial charge in [-0.05, 0) is 25.1 Å². The Balaban J connectivity index is 1.70. The Hall–Kier alpha value is -3.92. The number of rotatable bonds is 5. The Labute approximate surface area is 211 Å². The standard InChI is InChI=1S/C25H26ClFN6O3/c1-6-33-19-10-21(28-5)29-12-13(19)7-15(23(33)34)14-8-18(17(27)9-16(14)26)30-24(35)31-22-11-20(36-32-22)25(2,3)4/h7-12H,6H2,1-5H3,(H,28,29)(H2,30,31,32,35). The van der Waals surface area contributed by atoms with Gasteiger partial charge in [0.15, 0.2) is 5.82 Å². The highest BCUT2D eigenvalue weighted by molar-refractivity contribution is 6.33. The fraction of sp³-hybridized carbons (Fsp3) is 0.280. The highest BCUT2D eigenvalue weighted by Crippen LogP contribution is 2.33. The van der Waals surface area contributed by atoms with Crippen molar-refractivity contribution in [2.75, 3.05) is 23.0 Å². The molecule has 0 atom stereocenters. The lowest BCUT2D eigenvalue weighted by molar-refractivity contribution is 0.261. The summed E-state index contributed by atoms with van der Waals surface area (Å²) >= 11 is 6.35. The predicted molar refractivity (Wildman–Crippen MR) is 139 cm³/mol. The summed E-state index contributed by atoms with van der Waals surface area (Å²) in [5.74, 6) is 0.626. The van der Waals surface area contributed by atoms with Gasteiger partial charge in [0.05, 0.1) is 16.2 Å². The highest BCUT2D eigenvalue weighted by atomic mass is 35.5. The molecule has 1 aromatic carbocycles. The van der Waals surface area contributed by atoms with Crippen LogP contribution in [-0.4, -0.2) is 27.8 Å². The molecule has 4 rings (SSSR count). The summed E-state index contributed by atoms with van der Waals surface area (Å²) in [6.45, 7) is 8.07. The molecular formula is C25H26ClFN6O3. The van der Waals surface area contributed by atoms with E-state index in [1.807, 2.05) is 27.7 Å². The zero-order valence-electron chi connectivity index (χ0n) is 20.5. The molecule has 0 spiro atoms. The minimum Gasteiger partial charge on any atom is -0.373 e. The first kappa shape index (κ1) is 25.2. The lowest BCUT2D eigenvalue weighted by atomic mass is 9.93. The number of aryl methyl sites for hydroxylation is 1. The topological polar surface area (TPSA) is 114 Å². The van der Waals surface area contributed by atoms with Crippen LogP contribution in [0, 0.1) is 5.82 Å². The van der Waals surface area contributed by atoms with E-state index in [-0.39, 0.29) is 38.6 Å². The van der Waals surface area contributed by atoms with E-state index < -0.39 is 11.8 Å². The number of pyridine rings is 2. The number of carbonyl (C=O) groups is 1. The molecular weight excluding hydrogens is 487 g/mol. The number of halogens is 2. The van der Waals surface area contributed by atoms with Gasteiger partial charge in [-0.3, -0.25) is 10.1 Å². The Morgan fingerprint density at radius 2 is 1.86 bits per heavy atom. The Kier molecular flexibility index (Phi) is 6.73. The number of carbonyl (C=O) groups excluding carboxylic acids is 1. The highest BCUT2D eigenvalue weighted by Gasteiger charge is 2.21. The summed E-state index contributed by atoms with van der Waals surface area (Å²) in [5.41, 5.74) is 0.469. The van der Waals surface area contributed by atoms with E-state index in [1.165, 1.54) is 6.07 Å². The van der Waals surface area contributed by atoms with E-state index in [2.05, 4.69) is 26.1 Å². The number of fused-ring (bicyclic) bond motifs is 1. The van der Waals surface area contributed by atoms with Gasteiger partial charge in [0.2, 0.25) is 0 Å². The second kappa shape index (κ2) is 9.62. The molecule has 0 radical (unpaired) electrons. The fourth-order valence-electron chi connectivity index (χ4n) is 3.72. The number of hydrogen-bond donors (Lipinski definition) is 3. The van der Waals surface area contributed by atoms with Gasteiger partial charge in [-0.2, -0.15) is 0 Å². The predicted octanol–water partition coefficient (Wildman–Crippen LogP) is 5.85. The molecule has 4 aromatic rings. The molecule has 9 nitrogen and oxygen atoms in total. The zero-order chi connectivity index (χ0) is 26.2. The molecule has 0 aliphatic heterocycles. The van der Waals surface area contributed by atoms with Crippen molar-refractivity contribution in [2.24, 2.45) is 0 Å². The summed E-state index contributed by atoms with van der Waals surface area (Å²) in [5, 5.41) is 12.5. The normalized spacial score (nSPS) is 11.5. The van der Waals surface area contributed by atoms with Crippen LogP contribution in [0.4, 0.5) is 26.5 Å². The van der Waals surface area contributed by atoms with Gasteiger partial charge in [-0.1, -0.05) is 37.5 Å². The monoisotopic (exact) mass is 512 g/mol. The largest absolute Gasteiger partial charge is 0.373 e. The Morgan fingerprint density at radius 3 is 2.50 bits per heavy atom. The minimum absolute atomic E-state index is 0.0312. The molecule has 0 saturated carbocycles. The van der Waals surface area contributed by atoms with Crippen LogP contribution in [0.3, 0.4) is 0 Å². The van der Waals surface area contributed by atoms with Crippen LogP contribution in [-0.2, 0) is 12.0 Å². The third kappa shape index (κ3) is 4.90. The molecule has 3 heterocycles. The van der Waals surface area contributed by atoms with Crippen molar-refractivity contribution in [3.8, 4) is 11.1 Å². The van der Waals surface area contributed by atoms with E-state index in [0.29, 0.717) is 29.0 Å². The van der Waals surface area contributed by atoms with Crippen LogP contribution in [0.15, 0.2) is 45.8 Å². The first-order chi connectivity index (χ1) is 17.0. The molecule has 0 bridgehead atoms. The van der Waals surface area contributed by atoms with E-state index >= 15 is 0 Å². The average molecular weight is 513 g/mol. The Bertz CT molecular complexity index is 1520. The van der Waals surface area contributed by atoms with Crippen LogP contribution in [0.1, 0.15) is 33.5 Å². The summed E-state index contributed by atoms with van der Waals surface area (Å²) < 4.78 is 21.6. The third-order valence-electron chi connectivity index (χ3n) is 5.64. The zero-order valence-corrected chi connectivity index (χ0v) is 21.2. The van der Waals surface area contributed by atoms with Gasteiger partial charge in [-0.15, -0.1) is 0 Å². The van der Waals surface area contributed by atoms with E-state index in [4.69, 9.17) is 16.1 Å². The van der Waals surface area contributed by atoms with Crippen LogP contribution in [0.25, 0.3) is 22.0 Å². The molecule has 36 heavy (non-hydrogen) atoms. The summed E-state index contributed by atoms with van der Waals surface area (Å²) in [4.78, 5) is 30.2. The first-order valence-electron chi connectivity index (χ1n) is 11.3. The summed E-state index contributed by atoms with van der Waals surface area (Å²) in [7, 11) is 1.74. The molecule has 0 saturated heterocycles. The van der Waals surface area contributed by atoms with Gasteiger partial charge >= 0.3 is 6.03 Å². The SMILES string of the molecule is CCn1c(=O)c(-c2cc(NC(=O)Nc3cc(C(C)(C)C)on3)c(F)cc2Cl)cc2cnc(NC)cc21. The van der Waals surface area contributed by atoms with E-state index in [1.54, 1.807) is 36.0 Å². The molecule has 0 aliphatic carbocycles. The van der Waals surface area contributed by atoms with Gasteiger partial charge < -0.3 is 19.7 Å². The average Bonchev–Trinajstić information content (AvgIpc) is 3.29. The molecule has 0 unspecified atom stereocenters. The maximum absolute atomic E-state index is 14.7. The molecule has 2 amide bonds. The summed E-state index contributed by atoms with van der Waals surface area (Å²) in [6, 6.07) is 6.69. The number of benzene rings is 1. The second-order valence-corrected chi connectivity index (χ2v) is 9.61. The number of urea groups is 1. The molecule has 3 N–H and O–H groups in total. The lowest BCUT2D eigenvalue weighted by Gasteiger charge is -2.14. The molecule has 11 heteroatoms. The van der Waals surface area contributed by atoms with Crippen LogP contribution in [0.2, 0.25) is 5.02 Å². The van der Waals surface area contributed by atoms with Crippen molar-refractivity contribution < 1.29 is 13.7 Å². The first-order valence-corrected chi connectivity index (χ1v) is 11.7. The van der Waals surface area contributed by atoms with Crippen LogP contribution >= 0.6 is 11.6 Å². The number of amides is 2. The maximum atomic E-state index is 14.7. The maximum Gasteiger partial charge on any atom is 0.325 e. The number of hydrogen-bond acceptors (Lipinski definition) is 6. The van der Waals surface area contributed by atoms with Crippen LogP contribution in [0.5, 0.6) is 0 Å². The third-order valence-corrected chi connectivity index (χ3v) is 5.95. The number of aromatic nitrogens is 3. The second-order valence-electron chi connectivity index (χ2n) is 9.20. The van der Waals surface area contributed by atoms with Gasteiger partial charge in [0, 0.05) is 53.9 Å². The fourth-order valence-corrected chi connectivity index (χ4v) is 3.98. The van der Waals surface area contributed by atoms with Crippen molar-refractivity contribution in [3.05, 3.63) is 63.5 Å². The van der Waals surface area contributed by atoms with E-state index in [0.717, 1.165) is 6.07 Å². The van der Waals surface area contributed by atoms with Crippen LogP contribution < -0.4 is 21.5 Å². The molecule has 0 aliphatic rings. The van der Waals surface area contributed by atoms with Gasteiger partial charge in [0.25, 0.3) is 5.56 Å². The molecule has 0 fully saturated rings. The smallest absolute Gasteiger partial charge is 0.325 e. The quantitative estimate of drug-likeness (QED) is 0.309. The van der Waals surface area contributed by atoms with Crippen molar-refractivity contribution in [1.82, 2.24) is 14.7 Å². The number of anilines is 3. The molecule has 3 aromatic heterocycles. The number of nitrogens with zero attached hydrogens (tertiary/aromatic N) is 3. The van der Waals surface area contributed by atoms with Crippen molar-refractivity contribution in [1.29, 1.82) is 0 Å². The van der Waals surface area contributed by atoms with Crippen molar-refractivity contribution >= 4 is 45.9 Å². The summed E-state index contributed by atoms with van der Waals surface area (Å²) in [6.07, 6.45) is 1.64. The molecule has 188 valence electrons. The van der Waals surface area contributed by atoms with Gasteiger partial charge in [0.1, 0.15) is 17.4 Å². The van der Waals surface area contributed by atoms with Gasteiger partial charge in [-0.25, -0.2) is 14.2 Å². The number of nitrogens with one attached hydrogen (secondary N) is 3. The van der Waals surface area contributed by atoms with Crippen molar-refractivity contribution in [3.63, 3.8) is 0 Å². The minimum atomic E-state index is -0.758. The Morgan fingerprint density at radius 1 is 1.11 bits per heavy atom. The lowest BCUT2D eigenvalue weighted by Crippen LogP contribution is -2.22.